The summed E-state index contributed by atoms with van der Waals surface area (Å²) in [6, 6.07) is 26.5. The first kappa shape index (κ1) is 21.7. The Balaban J connectivity index is 1.39. The molecule has 6 heteroatoms. The van der Waals surface area contributed by atoms with Gasteiger partial charge in [-0.15, -0.1) is 11.8 Å². The molecule has 1 unspecified atom stereocenters. The van der Waals surface area contributed by atoms with Gasteiger partial charge in [0.25, 0.3) is 0 Å². The number of aromatic nitrogens is 1. The van der Waals surface area contributed by atoms with Crippen molar-refractivity contribution in [3.63, 3.8) is 0 Å². The Morgan fingerprint density at radius 3 is 2.61 bits per heavy atom. The molecule has 164 valence electrons. The fourth-order valence-electron chi connectivity index (χ4n) is 3.69. The van der Waals surface area contributed by atoms with Crippen molar-refractivity contribution < 1.29 is 9.13 Å². The molecule has 3 aromatic carbocycles. The molecule has 33 heavy (non-hydrogen) atoms. The number of hydrogen-bond acceptors (Lipinski definition) is 4. The van der Waals surface area contributed by atoms with Gasteiger partial charge in [0, 0.05) is 34.0 Å². The van der Waals surface area contributed by atoms with Crippen molar-refractivity contribution in [1.82, 2.24) is 4.98 Å². The lowest BCUT2D eigenvalue weighted by molar-refractivity contribution is 0.306. The highest BCUT2D eigenvalue weighted by molar-refractivity contribution is 7.99. The van der Waals surface area contributed by atoms with Crippen molar-refractivity contribution in [3.8, 4) is 5.75 Å². The molecule has 0 saturated heterocycles. The summed E-state index contributed by atoms with van der Waals surface area (Å²) in [4.78, 5) is 10.2. The number of nitrogens with zero attached hydrogens (tertiary/aromatic N) is 2. The number of ether oxygens (including phenoxy) is 1. The van der Waals surface area contributed by atoms with Gasteiger partial charge in [-0.25, -0.2) is 9.37 Å². The summed E-state index contributed by atoms with van der Waals surface area (Å²) in [6.07, 6.45) is 2.40. The van der Waals surface area contributed by atoms with Gasteiger partial charge in [-0.1, -0.05) is 41.9 Å². The van der Waals surface area contributed by atoms with Crippen LogP contribution in [-0.4, -0.2) is 10.7 Å². The van der Waals surface area contributed by atoms with Crippen molar-refractivity contribution in [3.05, 3.63) is 119 Å². The Kier molecular flexibility index (Phi) is 6.42. The number of benzene rings is 3. The van der Waals surface area contributed by atoms with Crippen LogP contribution in [0, 0.1) is 5.82 Å². The average Bonchev–Trinajstić information content (AvgIpc) is 3.04. The zero-order chi connectivity index (χ0) is 22.6. The number of fused-ring (bicyclic) bond motifs is 1. The lowest BCUT2D eigenvalue weighted by Gasteiger charge is -2.16. The quantitative estimate of drug-likeness (QED) is 0.276. The summed E-state index contributed by atoms with van der Waals surface area (Å²) in [6.45, 7) is 0.413. The third-order valence-electron chi connectivity index (χ3n) is 5.37. The molecule has 1 aromatic heterocycles. The van der Waals surface area contributed by atoms with Gasteiger partial charge in [-0.3, -0.25) is 4.99 Å². The maximum atomic E-state index is 13.9. The van der Waals surface area contributed by atoms with Gasteiger partial charge in [0.05, 0.1) is 5.69 Å². The molecule has 2 heterocycles. The second kappa shape index (κ2) is 9.77. The summed E-state index contributed by atoms with van der Waals surface area (Å²) in [5.74, 6) is 0.542. The fraction of sp³-hybridized carbons (Fsp3) is 0.111. The first-order valence-electron chi connectivity index (χ1n) is 10.6. The van der Waals surface area contributed by atoms with Crippen LogP contribution in [-0.2, 0) is 6.61 Å². The lowest BCUT2D eigenvalue weighted by Crippen LogP contribution is -2.06. The Hall–Kier alpha value is -3.15. The van der Waals surface area contributed by atoms with Crippen molar-refractivity contribution >= 4 is 34.8 Å². The van der Waals surface area contributed by atoms with E-state index in [1.807, 2.05) is 54.6 Å². The van der Waals surface area contributed by atoms with Crippen molar-refractivity contribution in [2.45, 2.75) is 23.2 Å². The summed E-state index contributed by atoms with van der Waals surface area (Å²) in [5, 5.41) is 0.528. The Morgan fingerprint density at radius 1 is 0.970 bits per heavy atom. The van der Waals surface area contributed by atoms with Crippen molar-refractivity contribution in [1.29, 1.82) is 0 Å². The third kappa shape index (κ3) is 5.27. The Labute approximate surface area is 201 Å². The molecule has 0 saturated carbocycles. The summed E-state index contributed by atoms with van der Waals surface area (Å²) >= 11 is 7.56. The molecule has 0 amide bonds. The van der Waals surface area contributed by atoms with E-state index >= 15 is 0 Å². The van der Waals surface area contributed by atoms with Crippen LogP contribution in [0.4, 0.5) is 10.1 Å². The van der Waals surface area contributed by atoms with E-state index in [4.69, 9.17) is 21.3 Å². The van der Waals surface area contributed by atoms with Crippen LogP contribution in [0.3, 0.4) is 0 Å². The van der Waals surface area contributed by atoms with E-state index < -0.39 is 0 Å². The molecule has 1 atom stereocenters. The molecule has 0 fully saturated rings. The van der Waals surface area contributed by atoms with Crippen molar-refractivity contribution in [2.75, 3.05) is 0 Å². The van der Waals surface area contributed by atoms with E-state index in [1.165, 1.54) is 6.07 Å². The van der Waals surface area contributed by atoms with Crippen molar-refractivity contribution in [2.24, 2.45) is 4.99 Å². The van der Waals surface area contributed by atoms with Crippen LogP contribution in [0.5, 0.6) is 5.75 Å². The second-order valence-electron chi connectivity index (χ2n) is 7.69. The van der Waals surface area contributed by atoms with Gasteiger partial charge in [-0.05, 0) is 65.7 Å². The predicted octanol–water partition coefficient (Wildman–Crippen LogP) is 7.81. The molecular formula is C27H20ClFN2OS. The number of thioether (sulfide) groups is 1. The number of pyridine rings is 1. The van der Waals surface area contributed by atoms with E-state index in [1.54, 1.807) is 36.2 Å². The summed E-state index contributed by atoms with van der Waals surface area (Å²) in [5.41, 5.74) is 4.83. The highest BCUT2D eigenvalue weighted by Crippen LogP contribution is 2.45. The molecule has 4 aromatic rings. The normalized spacial score (nSPS) is 15.3. The van der Waals surface area contributed by atoms with E-state index in [0.717, 1.165) is 38.7 Å². The van der Waals surface area contributed by atoms with Gasteiger partial charge in [-0.2, -0.15) is 0 Å². The van der Waals surface area contributed by atoms with Crippen LogP contribution in [0.2, 0.25) is 5.15 Å². The highest BCUT2D eigenvalue weighted by Gasteiger charge is 2.22. The molecule has 5 rings (SSSR count). The van der Waals surface area contributed by atoms with Gasteiger partial charge in [0.1, 0.15) is 23.3 Å². The standard InChI is InChI=1S/C27H20ClFN2OS/c28-27-13-8-18(16-30-27)17-32-22-11-9-19(10-12-22)24-15-26(20-4-3-5-21(29)14-20)33-25-7-2-1-6-23(25)31-24/h1-14,16,26H,15,17H2. The SMILES string of the molecule is Fc1cccc(C2CC(c3ccc(OCc4ccc(Cl)nc4)cc3)=Nc3ccccc3S2)c1. The first-order valence-corrected chi connectivity index (χ1v) is 11.8. The largest absolute Gasteiger partial charge is 0.489 e. The van der Waals surface area contributed by atoms with E-state index in [2.05, 4.69) is 11.1 Å². The fourth-order valence-corrected chi connectivity index (χ4v) is 5.02. The molecule has 0 N–H and O–H groups in total. The van der Waals surface area contributed by atoms with E-state index in [0.29, 0.717) is 18.2 Å². The monoisotopic (exact) mass is 474 g/mol. The molecule has 3 nitrogen and oxygen atoms in total. The van der Waals surface area contributed by atoms with Crippen LogP contribution in [0.15, 0.2) is 101 Å². The smallest absolute Gasteiger partial charge is 0.129 e. The average molecular weight is 475 g/mol. The zero-order valence-corrected chi connectivity index (χ0v) is 19.2. The number of halogens is 2. The van der Waals surface area contributed by atoms with E-state index in [9.17, 15) is 4.39 Å². The maximum absolute atomic E-state index is 13.9. The van der Waals surface area contributed by atoms with Crippen LogP contribution < -0.4 is 4.74 Å². The summed E-state index contributed by atoms with van der Waals surface area (Å²) < 4.78 is 19.8. The number of rotatable bonds is 5. The van der Waals surface area contributed by atoms with Crippen LogP contribution in [0.1, 0.15) is 28.4 Å². The minimum atomic E-state index is -0.221. The molecule has 0 aliphatic carbocycles. The lowest BCUT2D eigenvalue weighted by atomic mass is 10.0. The molecule has 1 aliphatic rings. The van der Waals surface area contributed by atoms with Gasteiger partial charge >= 0.3 is 0 Å². The number of hydrogen-bond donors (Lipinski definition) is 0. The number of aliphatic imine (C=N–C) groups is 1. The molecule has 0 bridgehead atoms. The van der Waals surface area contributed by atoms with Gasteiger partial charge in [0.2, 0.25) is 0 Å². The highest BCUT2D eigenvalue weighted by atomic mass is 35.5. The minimum Gasteiger partial charge on any atom is -0.489 e. The molecule has 1 aliphatic heterocycles. The third-order valence-corrected chi connectivity index (χ3v) is 6.92. The van der Waals surface area contributed by atoms with Crippen LogP contribution >= 0.6 is 23.4 Å². The second-order valence-corrected chi connectivity index (χ2v) is 9.33. The van der Waals surface area contributed by atoms with Gasteiger partial charge in [0.15, 0.2) is 0 Å². The predicted molar refractivity (Wildman–Crippen MR) is 132 cm³/mol. The van der Waals surface area contributed by atoms with Gasteiger partial charge < -0.3 is 4.74 Å². The minimum absolute atomic E-state index is 0.0661. The topological polar surface area (TPSA) is 34.5 Å². The summed E-state index contributed by atoms with van der Waals surface area (Å²) in [7, 11) is 0. The van der Waals surface area contributed by atoms with Crippen LogP contribution in [0.25, 0.3) is 0 Å². The number of para-hydroxylation sites is 1. The van der Waals surface area contributed by atoms with E-state index in [-0.39, 0.29) is 11.1 Å². The first-order chi connectivity index (χ1) is 16.1. The molecule has 0 radical (unpaired) electrons. The molecule has 0 spiro atoms. The Bertz CT molecular complexity index is 1290. The Morgan fingerprint density at radius 2 is 1.82 bits per heavy atom. The zero-order valence-electron chi connectivity index (χ0n) is 17.6. The molecular weight excluding hydrogens is 455 g/mol. The maximum Gasteiger partial charge on any atom is 0.129 e.